The fourth-order valence-electron chi connectivity index (χ4n) is 2.32. The van der Waals surface area contributed by atoms with Crippen LogP contribution in [0, 0.1) is 5.92 Å². The monoisotopic (exact) mass is 316 g/mol. The molecule has 1 saturated carbocycles. The number of hydrogen-bond donors (Lipinski definition) is 1. The van der Waals surface area contributed by atoms with Gasteiger partial charge in [0.05, 0.1) is 5.02 Å². The van der Waals surface area contributed by atoms with E-state index in [1.165, 1.54) is 19.0 Å². The predicted octanol–water partition coefficient (Wildman–Crippen LogP) is 3.49. The maximum absolute atomic E-state index is 12.7. The molecule has 1 N–H and O–H groups in total. The molecule has 0 aliphatic heterocycles. The molecule has 1 aliphatic rings. The van der Waals surface area contributed by atoms with Gasteiger partial charge in [0.1, 0.15) is 11.4 Å². The fraction of sp³-hybridized carbons (Fsp3) is 0.294. The van der Waals surface area contributed by atoms with Crippen LogP contribution in [0.2, 0.25) is 5.02 Å². The van der Waals surface area contributed by atoms with Gasteiger partial charge in [0.15, 0.2) is 0 Å². The first kappa shape index (κ1) is 14.9. The van der Waals surface area contributed by atoms with Gasteiger partial charge < -0.3 is 10.0 Å². The molecule has 3 rings (SSSR count). The molecule has 0 atom stereocenters. The molecule has 4 nitrogen and oxygen atoms in total. The molecular weight excluding hydrogens is 300 g/mol. The third-order valence-corrected chi connectivity index (χ3v) is 3.94. The second kappa shape index (κ2) is 6.36. The van der Waals surface area contributed by atoms with E-state index in [4.69, 9.17) is 11.6 Å². The Kier molecular flexibility index (Phi) is 4.29. The normalized spacial score (nSPS) is 13.9. The Bertz CT molecular complexity index is 651. The number of amides is 1. The molecule has 1 aromatic heterocycles. The van der Waals surface area contributed by atoms with Gasteiger partial charge in [0, 0.05) is 19.3 Å². The Hall–Kier alpha value is -2.07. The number of benzene rings is 1. The van der Waals surface area contributed by atoms with E-state index in [0.717, 1.165) is 12.1 Å². The quantitative estimate of drug-likeness (QED) is 0.918. The Morgan fingerprint density at radius 2 is 1.95 bits per heavy atom. The van der Waals surface area contributed by atoms with Crippen molar-refractivity contribution in [1.29, 1.82) is 0 Å². The number of halogens is 1. The summed E-state index contributed by atoms with van der Waals surface area (Å²) in [6.07, 6.45) is 3.84. The molecule has 1 amide bonds. The van der Waals surface area contributed by atoms with Crippen LogP contribution >= 0.6 is 11.6 Å². The Morgan fingerprint density at radius 1 is 1.23 bits per heavy atom. The maximum atomic E-state index is 12.7. The molecule has 0 saturated heterocycles. The highest BCUT2D eigenvalue weighted by molar-refractivity contribution is 6.30. The number of phenols is 1. The van der Waals surface area contributed by atoms with E-state index in [2.05, 4.69) is 4.98 Å². The molecule has 1 aromatic carbocycles. The summed E-state index contributed by atoms with van der Waals surface area (Å²) in [6.45, 7) is 1.25. The highest BCUT2D eigenvalue weighted by Gasteiger charge is 2.27. The minimum absolute atomic E-state index is 0.0864. The summed E-state index contributed by atoms with van der Waals surface area (Å²) in [5.41, 5.74) is 1.39. The number of aromatic hydroxyl groups is 1. The van der Waals surface area contributed by atoms with Crippen LogP contribution in [0.3, 0.4) is 0 Å². The van der Waals surface area contributed by atoms with Crippen molar-refractivity contribution in [3.8, 4) is 5.75 Å². The number of carbonyl (C=O) groups is 1. The minimum atomic E-state index is -0.0864. The van der Waals surface area contributed by atoms with E-state index in [-0.39, 0.29) is 11.7 Å². The lowest BCUT2D eigenvalue weighted by molar-refractivity contribution is 0.0729. The van der Waals surface area contributed by atoms with Crippen molar-refractivity contribution in [1.82, 2.24) is 9.88 Å². The largest absolute Gasteiger partial charge is 0.508 e. The van der Waals surface area contributed by atoms with Crippen LogP contribution in [-0.4, -0.2) is 27.4 Å². The summed E-state index contributed by atoms with van der Waals surface area (Å²) < 4.78 is 0. The van der Waals surface area contributed by atoms with Crippen molar-refractivity contribution in [3.05, 3.63) is 58.9 Å². The van der Waals surface area contributed by atoms with Crippen LogP contribution in [0.25, 0.3) is 0 Å². The highest BCUT2D eigenvalue weighted by Crippen LogP contribution is 2.30. The van der Waals surface area contributed by atoms with Gasteiger partial charge in [-0.2, -0.15) is 0 Å². The highest BCUT2D eigenvalue weighted by atomic mass is 35.5. The molecule has 0 bridgehead atoms. The lowest BCUT2D eigenvalue weighted by atomic mass is 10.2. The number of nitrogens with zero attached hydrogens (tertiary/aromatic N) is 2. The average Bonchev–Trinajstić information content (AvgIpc) is 3.33. The first-order valence-electron chi connectivity index (χ1n) is 7.30. The van der Waals surface area contributed by atoms with E-state index in [9.17, 15) is 9.90 Å². The first-order chi connectivity index (χ1) is 10.6. The number of carbonyl (C=O) groups excluding carboxylic acids is 1. The number of aromatic nitrogens is 1. The van der Waals surface area contributed by atoms with E-state index < -0.39 is 0 Å². The minimum Gasteiger partial charge on any atom is -0.508 e. The third-order valence-electron chi connectivity index (χ3n) is 3.72. The summed E-state index contributed by atoms with van der Waals surface area (Å²) in [5.74, 6) is 0.730. The predicted molar refractivity (Wildman–Crippen MR) is 84.8 cm³/mol. The topological polar surface area (TPSA) is 53.4 Å². The van der Waals surface area contributed by atoms with Crippen molar-refractivity contribution in [2.75, 3.05) is 6.54 Å². The average molecular weight is 317 g/mol. The molecule has 0 spiro atoms. The van der Waals surface area contributed by atoms with Gasteiger partial charge in [0.25, 0.3) is 5.91 Å². The van der Waals surface area contributed by atoms with Crippen LogP contribution in [-0.2, 0) is 6.54 Å². The number of hydrogen-bond acceptors (Lipinski definition) is 3. The smallest absolute Gasteiger partial charge is 0.272 e. The zero-order valence-electron chi connectivity index (χ0n) is 12.1. The van der Waals surface area contributed by atoms with Crippen LogP contribution in [0.4, 0.5) is 0 Å². The van der Waals surface area contributed by atoms with Crippen molar-refractivity contribution in [2.24, 2.45) is 5.92 Å². The molecule has 1 aliphatic carbocycles. The molecular formula is C17H17ClN2O2. The second-order valence-electron chi connectivity index (χ2n) is 5.66. The molecule has 0 radical (unpaired) electrons. The number of phenolic OH excluding ortho intramolecular Hbond substituents is 1. The molecule has 0 unspecified atom stereocenters. The van der Waals surface area contributed by atoms with Crippen molar-refractivity contribution >= 4 is 17.5 Å². The van der Waals surface area contributed by atoms with Gasteiger partial charge in [-0.15, -0.1) is 0 Å². The lowest BCUT2D eigenvalue weighted by Gasteiger charge is -2.22. The zero-order chi connectivity index (χ0) is 15.5. The molecule has 22 heavy (non-hydrogen) atoms. The van der Waals surface area contributed by atoms with Crippen LogP contribution < -0.4 is 0 Å². The fourth-order valence-corrected chi connectivity index (χ4v) is 2.43. The van der Waals surface area contributed by atoms with Crippen LogP contribution in [0.5, 0.6) is 5.75 Å². The maximum Gasteiger partial charge on any atom is 0.272 e. The van der Waals surface area contributed by atoms with Gasteiger partial charge in [0.2, 0.25) is 0 Å². The summed E-state index contributed by atoms with van der Waals surface area (Å²) in [6, 6.07) is 10.3. The van der Waals surface area contributed by atoms with Crippen LogP contribution in [0.15, 0.2) is 42.6 Å². The number of pyridine rings is 1. The SMILES string of the molecule is O=C(c1ccc(Cl)cn1)N(Cc1ccc(O)cc1)CC1CC1. The summed E-state index contributed by atoms with van der Waals surface area (Å²) in [4.78, 5) is 18.6. The summed E-state index contributed by atoms with van der Waals surface area (Å²) >= 11 is 5.82. The number of rotatable bonds is 5. The van der Waals surface area contributed by atoms with E-state index >= 15 is 0 Å². The van der Waals surface area contributed by atoms with Gasteiger partial charge in [-0.3, -0.25) is 4.79 Å². The summed E-state index contributed by atoms with van der Waals surface area (Å²) in [7, 11) is 0. The summed E-state index contributed by atoms with van der Waals surface area (Å²) in [5, 5.41) is 9.87. The van der Waals surface area contributed by atoms with Gasteiger partial charge >= 0.3 is 0 Å². The molecule has 1 fully saturated rings. The van der Waals surface area contributed by atoms with Gasteiger partial charge in [-0.25, -0.2) is 4.98 Å². The Labute approximate surface area is 134 Å². The first-order valence-corrected chi connectivity index (χ1v) is 7.68. The molecule has 2 aromatic rings. The molecule has 5 heteroatoms. The Balaban J connectivity index is 1.77. The van der Waals surface area contributed by atoms with Gasteiger partial charge in [-0.1, -0.05) is 23.7 Å². The standard InChI is InChI=1S/C17H17ClN2O2/c18-14-5-8-16(19-9-14)17(22)20(10-12-1-2-12)11-13-3-6-15(21)7-4-13/h3-9,12,21H,1-2,10-11H2. The molecule has 1 heterocycles. The van der Waals surface area contributed by atoms with E-state index in [1.54, 1.807) is 24.3 Å². The van der Waals surface area contributed by atoms with Crippen LogP contribution in [0.1, 0.15) is 28.9 Å². The molecule has 114 valence electrons. The van der Waals surface area contributed by atoms with E-state index in [0.29, 0.717) is 23.2 Å². The van der Waals surface area contributed by atoms with Crippen molar-refractivity contribution in [2.45, 2.75) is 19.4 Å². The lowest BCUT2D eigenvalue weighted by Crippen LogP contribution is -2.33. The van der Waals surface area contributed by atoms with Crippen molar-refractivity contribution in [3.63, 3.8) is 0 Å². The third kappa shape index (κ3) is 3.77. The van der Waals surface area contributed by atoms with E-state index in [1.807, 2.05) is 17.0 Å². The van der Waals surface area contributed by atoms with Gasteiger partial charge in [-0.05, 0) is 48.6 Å². The Morgan fingerprint density at radius 3 is 2.55 bits per heavy atom. The zero-order valence-corrected chi connectivity index (χ0v) is 12.8. The second-order valence-corrected chi connectivity index (χ2v) is 6.09. The van der Waals surface area contributed by atoms with Crippen molar-refractivity contribution < 1.29 is 9.90 Å².